The van der Waals surface area contributed by atoms with Crippen LogP contribution in [0.15, 0.2) is 66.7 Å². The Bertz CT molecular complexity index is 962. The van der Waals surface area contributed by atoms with Crippen LogP contribution in [0.5, 0.6) is 0 Å². The Labute approximate surface area is 163 Å². The van der Waals surface area contributed by atoms with E-state index in [0.29, 0.717) is 22.8 Å². The lowest BCUT2D eigenvalue weighted by Gasteiger charge is -2.09. The number of rotatable bonds is 7. The van der Waals surface area contributed by atoms with Crippen LogP contribution in [-0.2, 0) is 6.42 Å². The maximum Gasteiger partial charge on any atom is 0.339 e. The van der Waals surface area contributed by atoms with Crippen LogP contribution in [0.3, 0.4) is 0 Å². The van der Waals surface area contributed by atoms with Crippen molar-refractivity contribution in [3.8, 4) is 16.9 Å². The van der Waals surface area contributed by atoms with Gasteiger partial charge in [-0.05, 0) is 37.5 Å². The van der Waals surface area contributed by atoms with Crippen molar-refractivity contribution in [1.82, 2.24) is 9.78 Å². The molecule has 1 N–H and O–H groups in total. The van der Waals surface area contributed by atoms with Gasteiger partial charge in [0, 0.05) is 10.6 Å². The first kappa shape index (κ1) is 18.9. The van der Waals surface area contributed by atoms with Gasteiger partial charge in [-0.15, -0.1) is 0 Å². The second-order valence-electron chi connectivity index (χ2n) is 6.15. The predicted molar refractivity (Wildman–Crippen MR) is 109 cm³/mol. The highest BCUT2D eigenvalue weighted by Crippen LogP contribution is 2.30. The van der Waals surface area contributed by atoms with Crippen molar-refractivity contribution in [1.29, 1.82) is 0 Å². The Morgan fingerprint density at radius 3 is 2.59 bits per heavy atom. The molecule has 0 amide bonds. The van der Waals surface area contributed by atoms with Gasteiger partial charge in [-0.3, -0.25) is 0 Å². The normalized spacial score (nSPS) is 11.2. The van der Waals surface area contributed by atoms with Gasteiger partial charge in [0.05, 0.1) is 17.1 Å². The van der Waals surface area contributed by atoms with E-state index < -0.39 is 5.97 Å². The first-order valence-electron chi connectivity index (χ1n) is 8.93. The zero-order chi connectivity index (χ0) is 19.2. The molecule has 0 radical (unpaired) electrons. The summed E-state index contributed by atoms with van der Waals surface area (Å²) in [6, 6.07) is 16.7. The topological polar surface area (TPSA) is 55.1 Å². The van der Waals surface area contributed by atoms with E-state index in [2.05, 4.69) is 24.2 Å². The molecule has 0 atom stereocenters. The van der Waals surface area contributed by atoms with Gasteiger partial charge in [-0.25, -0.2) is 9.48 Å². The molecule has 5 heteroatoms. The van der Waals surface area contributed by atoms with Crippen LogP contribution < -0.4 is 0 Å². The van der Waals surface area contributed by atoms with Crippen LogP contribution in [0, 0.1) is 0 Å². The Hall–Kier alpha value is -2.85. The molecular formula is C22H21ClN2O2. The van der Waals surface area contributed by atoms with Crippen molar-refractivity contribution in [3.63, 3.8) is 0 Å². The fraction of sp³-hybridized carbons (Fsp3) is 0.182. The standard InChI is InChI=1S/C22H21ClN2O2/c1-2-3-4-8-14-19-20(22(26)27)21(16-10-6-5-7-11-16)25(24-19)18-13-9-12-17(23)15-18/h3-7,9-13,15H,2,8,14H2,1H3,(H,26,27)/b4-3-. The van der Waals surface area contributed by atoms with Crippen LogP contribution >= 0.6 is 11.6 Å². The van der Waals surface area contributed by atoms with E-state index in [1.54, 1.807) is 16.8 Å². The van der Waals surface area contributed by atoms with E-state index in [-0.39, 0.29) is 5.56 Å². The molecule has 0 bridgehead atoms. The molecule has 0 fully saturated rings. The molecule has 0 aliphatic rings. The third kappa shape index (κ3) is 4.29. The largest absolute Gasteiger partial charge is 0.478 e. The maximum absolute atomic E-state index is 12.1. The predicted octanol–water partition coefficient (Wildman–Crippen LogP) is 5.79. The molecule has 4 nitrogen and oxygen atoms in total. The third-order valence-electron chi connectivity index (χ3n) is 4.22. The SMILES string of the molecule is CC/C=C\CCc1nn(-c2cccc(Cl)c2)c(-c2ccccc2)c1C(=O)O. The highest BCUT2D eigenvalue weighted by atomic mass is 35.5. The van der Waals surface area contributed by atoms with E-state index in [1.165, 1.54) is 0 Å². The number of halogens is 1. The van der Waals surface area contributed by atoms with Crippen LogP contribution in [0.2, 0.25) is 5.02 Å². The number of aryl methyl sites for hydroxylation is 1. The van der Waals surface area contributed by atoms with Crippen LogP contribution in [0.25, 0.3) is 16.9 Å². The lowest BCUT2D eigenvalue weighted by Crippen LogP contribution is -2.03. The zero-order valence-electron chi connectivity index (χ0n) is 15.1. The summed E-state index contributed by atoms with van der Waals surface area (Å²) in [4.78, 5) is 12.1. The number of allylic oxidation sites excluding steroid dienone is 2. The molecule has 1 aromatic heterocycles. The summed E-state index contributed by atoms with van der Waals surface area (Å²) in [5.41, 5.74) is 2.92. The van der Waals surface area contributed by atoms with Crippen molar-refractivity contribution >= 4 is 17.6 Å². The lowest BCUT2D eigenvalue weighted by molar-refractivity contribution is 0.0696. The summed E-state index contributed by atoms with van der Waals surface area (Å²) in [6.07, 6.45) is 6.40. The van der Waals surface area contributed by atoms with Gasteiger partial charge in [0.1, 0.15) is 5.56 Å². The number of aromatic nitrogens is 2. The minimum absolute atomic E-state index is 0.242. The van der Waals surface area contributed by atoms with Gasteiger partial charge < -0.3 is 5.11 Å². The van der Waals surface area contributed by atoms with Gasteiger partial charge in [-0.1, -0.05) is 67.1 Å². The van der Waals surface area contributed by atoms with Gasteiger partial charge in [0.25, 0.3) is 0 Å². The van der Waals surface area contributed by atoms with Crippen molar-refractivity contribution in [3.05, 3.63) is 83.0 Å². The van der Waals surface area contributed by atoms with Gasteiger partial charge >= 0.3 is 5.97 Å². The number of carbonyl (C=O) groups is 1. The molecule has 3 aromatic rings. The molecular weight excluding hydrogens is 360 g/mol. The summed E-state index contributed by atoms with van der Waals surface area (Å²) in [5, 5.41) is 15.2. The minimum atomic E-state index is -0.975. The highest BCUT2D eigenvalue weighted by Gasteiger charge is 2.25. The molecule has 3 rings (SSSR count). The van der Waals surface area contributed by atoms with E-state index in [4.69, 9.17) is 11.6 Å². The fourth-order valence-corrected chi connectivity index (χ4v) is 3.21. The van der Waals surface area contributed by atoms with Gasteiger partial charge in [0.2, 0.25) is 0 Å². The number of benzene rings is 2. The Morgan fingerprint density at radius 2 is 1.93 bits per heavy atom. The van der Waals surface area contributed by atoms with Crippen LogP contribution in [0.4, 0.5) is 0 Å². The number of hydrogen-bond acceptors (Lipinski definition) is 2. The summed E-state index contributed by atoms with van der Waals surface area (Å²) in [5.74, 6) is -0.975. The van der Waals surface area contributed by atoms with Gasteiger partial charge in [-0.2, -0.15) is 5.10 Å². The first-order valence-corrected chi connectivity index (χ1v) is 9.31. The van der Waals surface area contributed by atoms with Crippen molar-refractivity contribution in [2.75, 3.05) is 0 Å². The molecule has 0 aliphatic carbocycles. The molecule has 27 heavy (non-hydrogen) atoms. The molecule has 1 heterocycles. The Kier molecular flexibility index (Phi) is 6.09. The molecule has 0 unspecified atom stereocenters. The molecule has 0 spiro atoms. The van der Waals surface area contributed by atoms with E-state index in [9.17, 15) is 9.90 Å². The van der Waals surface area contributed by atoms with Crippen molar-refractivity contribution in [2.45, 2.75) is 26.2 Å². The maximum atomic E-state index is 12.1. The van der Waals surface area contributed by atoms with Crippen molar-refractivity contribution < 1.29 is 9.90 Å². The van der Waals surface area contributed by atoms with Crippen LogP contribution in [0.1, 0.15) is 35.8 Å². The fourth-order valence-electron chi connectivity index (χ4n) is 3.02. The average Bonchev–Trinajstić information content (AvgIpc) is 3.06. The number of hydrogen-bond donors (Lipinski definition) is 1. The van der Waals surface area contributed by atoms with E-state index in [1.807, 2.05) is 42.5 Å². The summed E-state index contributed by atoms with van der Waals surface area (Å²) in [7, 11) is 0. The number of nitrogens with zero attached hydrogens (tertiary/aromatic N) is 2. The Balaban J connectivity index is 2.19. The molecule has 0 saturated carbocycles. The quantitative estimate of drug-likeness (QED) is 0.528. The average molecular weight is 381 g/mol. The summed E-state index contributed by atoms with van der Waals surface area (Å²) >= 11 is 6.15. The van der Waals surface area contributed by atoms with E-state index in [0.717, 1.165) is 24.1 Å². The van der Waals surface area contributed by atoms with Crippen molar-refractivity contribution in [2.24, 2.45) is 0 Å². The smallest absolute Gasteiger partial charge is 0.339 e. The number of aromatic carboxylic acids is 1. The number of carboxylic acid groups (broad SMARTS) is 1. The Morgan fingerprint density at radius 1 is 1.15 bits per heavy atom. The molecule has 0 saturated heterocycles. The zero-order valence-corrected chi connectivity index (χ0v) is 15.9. The van der Waals surface area contributed by atoms with E-state index >= 15 is 0 Å². The van der Waals surface area contributed by atoms with Crippen LogP contribution in [-0.4, -0.2) is 20.9 Å². The highest BCUT2D eigenvalue weighted by molar-refractivity contribution is 6.30. The molecule has 0 aliphatic heterocycles. The molecule has 138 valence electrons. The van der Waals surface area contributed by atoms with Gasteiger partial charge in [0.15, 0.2) is 0 Å². The summed E-state index contributed by atoms with van der Waals surface area (Å²) < 4.78 is 1.68. The summed E-state index contributed by atoms with van der Waals surface area (Å²) in [6.45, 7) is 2.07. The monoisotopic (exact) mass is 380 g/mol. The minimum Gasteiger partial charge on any atom is -0.478 e. The first-order chi connectivity index (χ1) is 13.1. The second-order valence-corrected chi connectivity index (χ2v) is 6.59. The second kappa shape index (κ2) is 8.69. The molecule has 2 aromatic carbocycles. The number of carboxylic acids is 1. The third-order valence-corrected chi connectivity index (χ3v) is 4.46. The lowest BCUT2D eigenvalue weighted by atomic mass is 10.0.